The van der Waals surface area contributed by atoms with Crippen molar-refractivity contribution < 1.29 is 18.1 Å². The van der Waals surface area contributed by atoms with Crippen LogP contribution in [-0.4, -0.2) is 9.91 Å². The average molecular weight is 227 g/mol. The molecular weight excluding hydrogens is 225 g/mol. The molecule has 1 aromatic rings. The van der Waals surface area contributed by atoms with Gasteiger partial charge in [0.2, 0.25) is 5.82 Å². The van der Waals surface area contributed by atoms with Gasteiger partial charge in [-0.1, -0.05) is 11.6 Å². The fraction of sp³-hybridized carbons (Fsp3) is 0.167. The Bertz CT molecular complexity index is 386. The summed E-state index contributed by atoms with van der Waals surface area (Å²) in [6, 6.07) is 0.506. The molecule has 0 spiro atoms. The van der Waals surface area contributed by atoms with E-state index in [9.17, 15) is 23.3 Å². The lowest BCUT2D eigenvalue weighted by atomic mass is 10.3. The molecule has 0 N–H and O–H groups in total. The normalized spacial score (nSPS) is 10.6. The predicted octanol–water partition coefficient (Wildman–Crippen LogP) is 2.72. The van der Waals surface area contributed by atoms with E-state index in [1.54, 1.807) is 0 Å². The van der Waals surface area contributed by atoms with E-state index in [0.717, 1.165) is 0 Å². The second kappa shape index (κ2) is 3.79. The molecule has 0 bridgehead atoms. The quantitative estimate of drug-likeness (QED) is 0.443. The van der Waals surface area contributed by atoms with Crippen LogP contribution in [0.25, 0.3) is 0 Å². The first-order valence-corrected chi connectivity index (χ1v) is 3.59. The number of hydrogen-bond donors (Lipinski definition) is 0. The zero-order valence-electron chi connectivity index (χ0n) is 6.38. The van der Waals surface area contributed by atoms with E-state index in [2.05, 4.69) is 4.98 Å². The van der Waals surface area contributed by atoms with E-state index < -0.39 is 33.7 Å². The smallest absolute Gasteiger partial charge is 0.258 e. The Labute approximate surface area is 80.5 Å². The second-order valence-electron chi connectivity index (χ2n) is 2.22. The van der Waals surface area contributed by atoms with E-state index >= 15 is 0 Å². The summed E-state index contributed by atoms with van der Waals surface area (Å²) < 4.78 is 37.1. The van der Waals surface area contributed by atoms with Gasteiger partial charge < -0.3 is 0 Å². The Balaban J connectivity index is 3.44. The minimum atomic E-state index is -3.25. The molecule has 8 heteroatoms. The maximum Gasteiger partial charge on any atom is 0.332 e. The van der Waals surface area contributed by atoms with Crippen LogP contribution in [0.3, 0.4) is 0 Å². The molecule has 14 heavy (non-hydrogen) atoms. The zero-order chi connectivity index (χ0) is 10.9. The summed E-state index contributed by atoms with van der Waals surface area (Å²) >= 11 is 5.16. The van der Waals surface area contributed by atoms with Gasteiger partial charge in [0.1, 0.15) is 5.15 Å². The number of hydrogen-bond acceptors (Lipinski definition) is 3. The standard InChI is InChI=1S/C6H2ClF3N2O2/c7-3-1-2(8)5(12(13)14)4(11-3)6(9)10/h1,6H. The third-order valence-electron chi connectivity index (χ3n) is 1.33. The van der Waals surface area contributed by atoms with Crippen LogP contribution in [0.5, 0.6) is 0 Å². The van der Waals surface area contributed by atoms with Gasteiger partial charge >= 0.3 is 5.69 Å². The number of aromatic nitrogens is 1. The maximum atomic E-state index is 12.8. The molecule has 0 radical (unpaired) electrons. The lowest BCUT2D eigenvalue weighted by molar-refractivity contribution is -0.389. The summed E-state index contributed by atoms with van der Waals surface area (Å²) in [4.78, 5) is 11.9. The van der Waals surface area contributed by atoms with Crippen LogP contribution in [0.15, 0.2) is 6.07 Å². The van der Waals surface area contributed by atoms with E-state index in [4.69, 9.17) is 11.6 Å². The van der Waals surface area contributed by atoms with Gasteiger partial charge in [-0.05, 0) is 0 Å². The highest BCUT2D eigenvalue weighted by Gasteiger charge is 2.28. The van der Waals surface area contributed by atoms with Gasteiger partial charge in [0.05, 0.1) is 4.92 Å². The van der Waals surface area contributed by atoms with Crippen molar-refractivity contribution in [1.82, 2.24) is 4.98 Å². The summed E-state index contributed by atoms with van der Waals surface area (Å²) in [5.74, 6) is -1.43. The Morgan fingerprint density at radius 3 is 2.57 bits per heavy atom. The van der Waals surface area contributed by atoms with Crippen LogP contribution in [0, 0.1) is 15.9 Å². The Morgan fingerprint density at radius 2 is 2.14 bits per heavy atom. The maximum absolute atomic E-state index is 12.8. The highest BCUT2D eigenvalue weighted by molar-refractivity contribution is 6.29. The molecule has 0 amide bonds. The summed E-state index contributed by atoms with van der Waals surface area (Å²) in [5.41, 5.74) is -2.61. The third kappa shape index (κ3) is 1.92. The number of nitro groups is 1. The molecule has 0 atom stereocenters. The first kappa shape index (κ1) is 10.7. The molecule has 1 heterocycles. The monoisotopic (exact) mass is 226 g/mol. The number of alkyl halides is 2. The van der Waals surface area contributed by atoms with Gasteiger partial charge in [-0.25, -0.2) is 13.8 Å². The fourth-order valence-corrected chi connectivity index (χ4v) is 1.02. The van der Waals surface area contributed by atoms with Crippen LogP contribution < -0.4 is 0 Å². The van der Waals surface area contributed by atoms with E-state index in [1.807, 2.05) is 0 Å². The van der Waals surface area contributed by atoms with Gasteiger partial charge in [0.25, 0.3) is 6.43 Å². The summed E-state index contributed by atoms with van der Waals surface area (Å²) in [7, 11) is 0. The van der Waals surface area contributed by atoms with Crippen LogP contribution in [0.1, 0.15) is 12.1 Å². The summed E-state index contributed by atoms with van der Waals surface area (Å²) in [6.07, 6.45) is -3.25. The molecule has 0 saturated heterocycles. The van der Waals surface area contributed by atoms with Crippen molar-refractivity contribution in [3.63, 3.8) is 0 Å². The molecule has 4 nitrogen and oxygen atoms in total. The minimum Gasteiger partial charge on any atom is -0.258 e. The topological polar surface area (TPSA) is 56.0 Å². The van der Waals surface area contributed by atoms with Crippen molar-refractivity contribution in [2.45, 2.75) is 6.43 Å². The first-order valence-electron chi connectivity index (χ1n) is 3.22. The lowest BCUT2D eigenvalue weighted by Gasteiger charge is -2.01. The summed E-state index contributed by atoms with van der Waals surface area (Å²) in [5, 5.41) is 9.66. The SMILES string of the molecule is O=[N+]([O-])c1c(F)cc(Cl)nc1C(F)F. The molecule has 0 unspecified atom stereocenters. The van der Waals surface area contributed by atoms with Crippen molar-refractivity contribution >= 4 is 17.3 Å². The van der Waals surface area contributed by atoms with E-state index in [-0.39, 0.29) is 0 Å². The molecule has 0 saturated carbocycles. The summed E-state index contributed by atoms with van der Waals surface area (Å²) in [6.45, 7) is 0. The van der Waals surface area contributed by atoms with Gasteiger partial charge in [0.15, 0.2) is 5.69 Å². The Morgan fingerprint density at radius 1 is 1.57 bits per heavy atom. The van der Waals surface area contributed by atoms with Crippen molar-refractivity contribution in [3.8, 4) is 0 Å². The number of nitrogens with zero attached hydrogens (tertiary/aromatic N) is 2. The molecule has 0 aliphatic carbocycles. The highest BCUT2D eigenvalue weighted by atomic mass is 35.5. The second-order valence-corrected chi connectivity index (χ2v) is 2.61. The molecule has 76 valence electrons. The van der Waals surface area contributed by atoms with Crippen molar-refractivity contribution in [2.75, 3.05) is 0 Å². The highest BCUT2D eigenvalue weighted by Crippen LogP contribution is 2.30. The Hall–Kier alpha value is -1.37. The molecule has 0 aliphatic rings. The van der Waals surface area contributed by atoms with E-state index in [1.165, 1.54) is 0 Å². The van der Waals surface area contributed by atoms with Crippen molar-refractivity contribution in [2.24, 2.45) is 0 Å². The van der Waals surface area contributed by atoms with Gasteiger partial charge in [-0.2, -0.15) is 4.39 Å². The lowest BCUT2D eigenvalue weighted by Crippen LogP contribution is -2.02. The molecule has 1 aromatic heterocycles. The average Bonchev–Trinajstić information content (AvgIpc) is 2.01. The number of pyridine rings is 1. The van der Waals surface area contributed by atoms with Crippen LogP contribution in [0.2, 0.25) is 5.15 Å². The molecule has 0 fully saturated rings. The first-order chi connectivity index (χ1) is 6.43. The zero-order valence-corrected chi connectivity index (χ0v) is 7.13. The van der Waals surface area contributed by atoms with Crippen molar-refractivity contribution in [3.05, 3.63) is 32.8 Å². The minimum absolute atomic E-state index is 0.506. The molecular formula is C6H2ClF3N2O2. The molecule has 0 aliphatic heterocycles. The van der Waals surface area contributed by atoms with Crippen LogP contribution in [0.4, 0.5) is 18.9 Å². The van der Waals surface area contributed by atoms with Crippen LogP contribution in [-0.2, 0) is 0 Å². The fourth-order valence-electron chi connectivity index (χ4n) is 0.828. The molecule has 1 rings (SSSR count). The van der Waals surface area contributed by atoms with Gasteiger partial charge in [-0.3, -0.25) is 10.1 Å². The van der Waals surface area contributed by atoms with Gasteiger partial charge in [0, 0.05) is 6.07 Å². The largest absolute Gasteiger partial charge is 0.332 e. The molecule has 0 aromatic carbocycles. The van der Waals surface area contributed by atoms with E-state index in [0.29, 0.717) is 6.07 Å². The van der Waals surface area contributed by atoms with Crippen molar-refractivity contribution in [1.29, 1.82) is 0 Å². The predicted molar refractivity (Wildman–Crippen MR) is 40.8 cm³/mol. The third-order valence-corrected chi connectivity index (χ3v) is 1.52. The Kier molecular flexibility index (Phi) is 2.90. The number of halogens is 4. The number of rotatable bonds is 2. The van der Waals surface area contributed by atoms with Crippen LogP contribution >= 0.6 is 11.6 Å². The van der Waals surface area contributed by atoms with Gasteiger partial charge in [-0.15, -0.1) is 0 Å².